The van der Waals surface area contributed by atoms with Gasteiger partial charge in [0, 0.05) is 10.9 Å². The Balaban J connectivity index is 2.20. The van der Waals surface area contributed by atoms with Crippen LogP contribution >= 0.6 is 11.3 Å². The first-order valence-corrected chi connectivity index (χ1v) is 6.36. The standard InChI is InChI=1S/C12H19NS/c1-8-3-4-10(13)7-11(8)12-9(2)5-6-14-12/h5-6,8,10-11H,3-4,7,13H2,1-2H3. The van der Waals surface area contributed by atoms with Crippen molar-refractivity contribution in [1.82, 2.24) is 0 Å². The zero-order valence-corrected chi connectivity index (χ0v) is 9.81. The second-order valence-corrected chi connectivity index (χ2v) is 5.57. The van der Waals surface area contributed by atoms with Gasteiger partial charge in [-0.05, 0) is 55.0 Å². The number of hydrogen-bond donors (Lipinski definition) is 1. The van der Waals surface area contributed by atoms with Crippen molar-refractivity contribution in [3.63, 3.8) is 0 Å². The Hall–Kier alpha value is -0.340. The molecule has 2 N–H and O–H groups in total. The van der Waals surface area contributed by atoms with E-state index >= 15 is 0 Å². The summed E-state index contributed by atoms with van der Waals surface area (Å²) in [7, 11) is 0. The zero-order valence-electron chi connectivity index (χ0n) is 8.99. The molecule has 1 nitrogen and oxygen atoms in total. The summed E-state index contributed by atoms with van der Waals surface area (Å²) in [4.78, 5) is 1.58. The number of nitrogens with two attached hydrogens (primary N) is 1. The quantitative estimate of drug-likeness (QED) is 0.754. The van der Waals surface area contributed by atoms with Gasteiger partial charge in [-0.2, -0.15) is 0 Å². The van der Waals surface area contributed by atoms with Crippen molar-refractivity contribution in [2.45, 2.75) is 45.1 Å². The molecule has 0 bridgehead atoms. The van der Waals surface area contributed by atoms with E-state index in [9.17, 15) is 0 Å². The van der Waals surface area contributed by atoms with E-state index < -0.39 is 0 Å². The summed E-state index contributed by atoms with van der Waals surface area (Å²) >= 11 is 1.91. The van der Waals surface area contributed by atoms with Gasteiger partial charge in [0.15, 0.2) is 0 Å². The van der Waals surface area contributed by atoms with Gasteiger partial charge in [0.25, 0.3) is 0 Å². The fourth-order valence-electron chi connectivity index (χ4n) is 2.48. The maximum absolute atomic E-state index is 6.05. The van der Waals surface area contributed by atoms with Crippen LogP contribution in [0.25, 0.3) is 0 Å². The topological polar surface area (TPSA) is 26.0 Å². The third-order valence-corrected chi connectivity index (χ3v) is 4.63. The minimum absolute atomic E-state index is 0.428. The Kier molecular flexibility index (Phi) is 2.93. The fraction of sp³-hybridized carbons (Fsp3) is 0.667. The van der Waals surface area contributed by atoms with Crippen molar-refractivity contribution in [1.29, 1.82) is 0 Å². The predicted molar refractivity (Wildman–Crippen MR) is 62.8 cm³/mol. The lowest BCUT2D eigenvalue weighted by molar-refractivity contribution is 0.302. The minimum atomic E-state index is 0.428. The average molecular weight is 209 g/mol. The van der Waals surface area contributed by atoms with E-state index in [0.29, 0.717) is 6.04 Å². The molecule has 1 aromatic heterocycles. The van der Waals surface area contributed by atoms with Gasteiger partial charge in [0.2, 0.25) is 0 Å². The summed E-state index contributed by atoms with van der Waals surface area (Å²) in [6.07, 6.45) is 3.69. The minimum Gasteiger partial charge on any atom is -0.328 e. The van der Waals surface area contributed by atoms with Crippen molar-refractivity contribution < 1.29 is 0 Å². The molecule has 0 spiro atoms. The molecule has 2 heteroatoms. The maximum Gasteiger partial charge on any atom is 0.0109 e. The third kappa shape index (κ3) is 1.86. The van der Waals surface area contributed by atoms with E-state index in [4.69, 9.17) is 5.73 Å². The molecule has 14 heavy (non-hydrogen) atoms. The highest BCUT2D eigenvalue weighted by molar-refractivity contribution is 7.10. The van der Waals surface area contributed by atoms with Crippen LogP contribution in [0.3, 0.4) is 0 Å². The normalized spacial score (nSPS) is 33.2. The molecule has 3 atom stereocenters. The van der Waals surface area contributed by atoms with E-state index in [2.05, 4.69) is 25.3 Å². The van der Waals surface area contributed by atoms with Gasteiger partial charge < -0.3 is 5.73 Å². The Morgan fingerprint density at radius 1 is 1.43 bits per heavy atom. The number of thiophene rings is 1. The van der Waals surface area contributed by atoms with E-state index in [1.807, 2.05) is 11.3 Å². The maximum atomic E-state index is 6.05. The smallest absolute Gasteiger partial charge is 0.0109 e. The summed E-state index contributed by atoms with van der Waals surface area (Å²) < 4.78 is 0. The molecular weight excluding hydrogens is 190 g/mol. The first-order valence-electron chi connectivity index (χ1n) is 5.48. The van der Waals surface area contributed by atoms with Gasteiger partial charge in [0.05, 0.1) is 0 Å². The lowest BCUT2D eigenvalue weighted by Crippen LogP contribution is -2.30. The van der Waals surface area contributed by atoms with Crippen LogP contribution in [-0.4, -0.2) is 6.04 Å². The van der Waals surface area contributed by atoms with Gasteiger partial charge in [-0.15, -0.1) is 11.3 Å². The van der Waals surface area contributed by atoms with Crippen LogP contribution in [-0.2, 0) is 0 Å². The summed E-state index contributed by atoms with van der Waals surface area (Å²) in [5.74, 6) is 1.53. The molecule has 1 fully saturated rings. The highest BCUT2D eigenvalue weighted by Gasteiger charge is 2.28. The highest BCUT2D eigenvalue weighted by atomic mass is 32.1. The lowest BCUT2D eigenvalue weighted by Gasteiger charge is -2.32. The molecule has 1 aromatic rings. The van der Waals surface area contributed by atoms with E-state index in [-0.39, 0.29) is 0 Å². The number of aryl methyl sites for hydroxylation is 1. The van der Waals surface area contributed by atoms with Crippen molar-refractivity contribution in [2.75, 3.05) is 0 Å². The summed E-state index contributed by atoms with van der Waals surface area (Å²) in [6, 6.07) is 2.66. The first-order chi connectivity index (χ1) is 6.68. The van der Waals surface area contributed by atoms with Crippen LogP contribution < -0.4 is 5.73 Å². The Labute approximate surface area is 90.3 Å². The van der Waals surface area contributed by atoms with Gasteiger partial charge in [0.1, 0.15) is 0 Å². The molecule has 1 aliphatic carbocycles. The van der Waals surface area contributed by atoms with Crippen LogP contribution in [0, 0.1) is 12.8 Å². The Morgan fingerprint density at radius 2 is 2.21 bits per heavy atom. The van der Waals surface area contributed by atoms with Gasteiger partial charge in [-0.3, -0.25) is 0 Å². The molecule has 3 unspecified atom stereocenters. The van der Waals surface area contributed by atoms with Crippen LogP contribution in [0.5, 0.6) is 0 Å². The first kappa shape index (κ1) is 10.2. The fourth-order valence-corrected chi connectivity index (χ4v) is 3.66. The molecular formula is C12H19NS. The monoisotopic (exact) mass is 209 g/mol. The molecule has 0 amide bonds. The van der Waals surface area contributed by atoms with Crippen molar-refractivity contribution in [2.24, 2.45) is 11.7 Å². The van der Waals surface area contributed by atoms with E-state index in [1.165, 1.54) is 24.8 Å². The van der Waals surface area contributed by atoms with Gasteiger partial charge in [-0.25, -0.2) is 0 Å². The Morgan fingerprint density at radius 3 is 2.86 bits per heavy atom. The molecule has 78 valence electrons. The van der Waals surface area contributed by atoms with Crippen LogP contribution in [0.1, 0.15) is 42.5 Å². The lowest BCUT2D eigenvalue weighted by atomic mass is 9.77. The van der Waals surface area contributed by atoms with Crippen molar-refractivity contribution in [3.05, 3.63) is 21.9 Å². The number of rotatable bonds is 1. The highest BCUT2D eigenvalue weighted by Crippen LogP contribution is 2.40. The second kappa shape index (κ2) is 4.03. The van der Waals surface area contributed by atoms with Gasteiger partial charge >= 0.3 is 0 Å². The Bertz CT molecular complexity index is 305. The molecule has 1 heterocycles. The molecule has 0 saturated heterocycles. The van der Waals surface area contributed by atoms with Crippen molar-refractivity contribution >= 4 is 11.3 Å². The summed E-state index contributed by atoms with van der Waals surface area (Å²) in [6.45, 7) is 4.59. The van der Waals surface area contributed by atoms with E-state index in [0.717, 1.165) is 11.8 Å². The molecule has 0 aromatic carbocycles. The van der Waals surface area contributed by atoms with Crippen LogP contribution in [0.2, 0.25) is 0 Å². The molecule has 0 aliphatic heterocycles. The average Bonchev–Trinajstić information content (AvgIpc) is 2.56. The molecule has 0 radical (unpaired) electrons. The second-order valence-electron chi connectivity index (χ2n) is 4.62. The molecule has 1 saturated carbocycles. The largest absolute Gasteiger partial charge is 0.328 e. The third-order valence-electron chi connectivity index (χ3n) is 3.47. The summed E-state index contributed by atoms with van der Waals surface area (Å²) in [5.41, 5.74) is 7.51. The molecule has 2 rings (SSSR count). The van der Waals surface area contributed by atoms with E-state index in [1.54, 1.807) is 4.88 Å². The van der Waals surface area contributed by atoms with Crippen LogP contribution in [0.4, 0.5) is 0 Å². The van der Waals surface area contributed by atoms with Crippen molar-refractivity contribution in [3.8, 4) is 0 Å². The van der Waals surface area contributed by atoms with Crippen LogP contribution in [0.15, 0.2) is 11.4 Å². The SMILES string of the molecule is Cc1ccsc1C1CC(N)CCC1C. The predicted octanol–water partition coefficient (Wildman–Crippen LogP) is 3.29. The summed E-state index contributed by atoms with van der Waals surface area (Å²) in [5, 5.41) is 2.21. The zero-order chi connectivity index (χ0) is 10.1. The van der Waals surface area contributed by atoms with Gasteiger partial charge in [-0.1, -0.05) is 6.92 Å². The molecule has 1 aliphatic rings. The number of hydrogen-bond acceptors (Lipinski definition) is 2.